The van der Waals surface area contributed by atoms with Gasteiger partial charge in [0.25, 0.3) is 0 Å². The van der Waals surface area contributed by atoms with Gasteiger partial charge < -0.3 is 9.97 Å². The lowest BCUT2D eigenvalue weighted by molar-refractivity contribution is 0.103. The van der Waals surface area contributed by atoms with Crippen LogP contribution in [0.15, 0.2) is 133 Å². The fourth-order valence-electron chi connectivity index (χ4n) is 4.63. The van der Waals surface area contributed by atoms with Crippen molar-refractivity contribution in [2.45, 2.75) is 0 Å². The maximum atomic E-state index is 14.3. The van der Waals surface area contributed by atoms with Crippen molar-refractivity contribution in [1.82, 2.24) is 9.97 Å². The van der Waals surface area contributed by atoms with E-state index in [0.29, 0.717) is 11.4 Å². The quantitative estimate of drug-likeness (QED) is 0.240. The highest BCUT2D eigenvalue weighted by Crippen LogP contribution is 2.35. The van der Waals surface area contributed by atoms with Crippen molar-refractivity contribution >= 4 is 5.78 Å². The molecule has 3 nitrogen and oxygen atoms in total. The zero-order valence-corrected chi connectivity index (χ0v) is 19.6. The molecule has 2 heterocycles. The number of carbonyl (C=O) groups is 1. The van der Waals surface area contributed by atoms with Crippen LogP contribution in [0.3, 0.4) is 0 Å². The molecular weight excluding hydrogens is 440 g/mol. The molecule has 0 radical (unpaired) electrons. The first-order valence-corrected chi connectivity index (χ1v) is 12.0. The van der Waals surface area contributed by atoms with E-state index in [9.17, 15) is 4.79 Å². The fourth-order valence-corrected chi connectivity index (χ4v) is 4.63. The van der Waals surface area contributed by atoms with Gasteiger partial charge in [0.15, 0.2) is 0 Å². The van der Waals surface area contributed by atoms with Crippen molar-refractivity contribution in [1.29, 1.82) is 0 Å². The Labute approximate surface area is 210 Å². The van der Waals surface area contributed by atoms with Crippen LogP contribution in [0.5, 0.6) is 0 Å². The summed E-state index contributed by atoms with van der Waals surface area (Å²) < 4.78 is 0. The fraction of sp³-hybridized carbons (Fsp3) is 0. The highest BCUT2D eigenvalue weighted by molar-refractivity contribution is 6.15. The van der Waals surface area contributed by atoms with E-state index in [1.165, 1.54) is 0 Å². The minimum absolute atomic E-state index is 0.0722. The molecule has 0 amide bonds. The second-order valence-electron chi connectivity index (χ2n) is 8.74. The summed E-state index contributed by atoms with van der Waals surface area (Å²) in [6.45, 7) is 0. The van der Waals surface area contributed by atoms with Crippen molar-refractivity contribution in [3.8, 4) is 44.8 Å². The van der Waals surface area contributed by atoms with Crippen LogP contribution < -0.4 is 0 Å². The molecule has 2 aromatic heterocycles. The van der Waals surface area contributed by atoms with E-state index < -0.39 is 0 Å². The smallest absolute Gasteiger partial charge is 0.226 e. The zero-order chi connectivity index (χ0) is 24.3. The average molecular weight is 465 g/mol. The molecule has 0 atom stereocenters. The third-order valence-electron chi connectivity index (χ3n) is 6.43. The predicted molar refractivity (Wildman–Crippen MR) is 147 cm³/mol. The van der Waals surface area contributed by atoms with Crippen LogP contribution in [0.2, 0.25) is 0 Å². The number of nitrogens with one attached hydrogen (secondary N) is 2. The number of aromatic amines is 2. The summed E-state index contributed by atoms with van der Waals surface area (Å²) in [5.74, 6) is -0.0722. The van der Waals surface area contributed by atoms with Gasteiger partial charge in [0.05, 0.1) is 11.4 Å². The minimum atomic E-state index is -0.0722. The molecule has 2 N–H and O–H groups in total. The number of hydrogen-bond acceptors (Lipinski definition) is 1. The largest absolute Gasteiger partial charge is 0.351 e. The normalized spacial score (nSPS) is 10.9. The van der Waals surface area contributed by atoms with Crippen molar-refractivity contribution in [2.75, 3.05) is 0 Å². The van der Waals surface area contributed by atoms with E-state index in [1.807, 2.05) is 121 Å². The van der Waals surface area contributed by atoms with E-state index in [-0.39, 0.29) is 5.78 Å². The minimum Gasteiger partial charge on any atom is -0.351 e. The summed E-state index contributed by atoms with van der Waals surface area (Å²) in [5.41, 5.74) is 8.79. The summed E-state index contributed by atoms with van der Waals surface area (Å²) in [7, 11) is 0. The predicted octanol–water partition coefficient (Wildman–Crippen LogP) is 8.24. The molecule has 36 heavy (non-hydrogen) atoms. The monoisotopic (exact) mass is 464 g/mol. The molecule has 0 bridgehead atoms. The van der Waals surface area contributed by atoms with Crippen LogP contribution in [-0.2, 0) is 0 Å². The zero-order valence-electron chi connectivity index (χ0n) is 19.6. The molecule has 6 aromatic rings. The highest BCUT2D eigenvalue weighted by Gasteiger charge is 2.24. The summed E-state index contributed by atoms with van der Waals surface area (Å²) >= 11 is 0. The molecule has 0 aliphatic carbocycles. The Kier molecular flexibility index (Phi) is 5.65. The standard InChI is InChI=1S/C33H24N2O/c36-33(31-27(23-13-5-1-6-14-23)21-29(34-31)25-17-9-3-10-18-25)32-28(24-15-7-2-8-16-24)22-30(35-32)26-19-11-4-12-20-26/h1-22,34-35H. The molecule has 0 aliphatic rings. The molecule has 6 rings (SSSR count). The second kappa shape index (κ2) is 9.40. The number of benzene rings is 4. The summed E-state index contributed by atoms with van der Waals surface area (Å²) in [4.78, 5) is 21.2. The number of rotatable bonds is 6. The van der Waals surface area contributed by atoms with E-state index in [4.69, 9.17) is 0 Å². The Bertz CT molecular complexity index is 1490. The lowest BCUT2D eigenvalue weighted by Crippen LogP contribution is -2.06. The van der Waals surface area contributed by atoms with Crippen LogP contribution in [-0.4, -0.2) is 15.8 Å². The maximum absolute atomic E-state index is 14.3. The van der Waals surface area contributed by atoms with Gasteiger partial charge >= 0.3 is 0 Å². The number of hydrogen-bond donors (Lipinski definition) is 2. The van der Waals surface area contributed by atoms with Gasteiger partial charge in [0.2, 0.25) is 5.78 Å². The Morgan fingerprint density at radius 3 is 1.06 bits per heavy atom. The molecule has 172 valence electrons. The van der Waals surface area contributed by atoms with Gasteiger partial charge in [-0.25, -0.2) is 0 Å². The molecule has 0 aliphatic heterocycles. The Hall–Kier alpha value is -4.89. The van der Waals surface area contributed by atoms with Crippen molar-refractivity contribution in [3.05, 3.63) is 145 Å². The number of carbonyl (C=O) groups excluding carboxylic acids is 1. The molecule has 0 saturated heterocycles. The summed E-state index contributed by atoms with van der Waals surface area (Å²) in [6.07, 6.45) is 0. The first-order chi connectivity index (χ1) is 17.8. The van der Waals surface area contributed by atoms with Crippen LogP contribution in [0.4, 0.5) is 0 Å². The first-order valence-electron chi connectivity index (χ1n) is 12.0. The molecule has 0 unspecified atom stereocenters. The third-order valence-corrected chi connectivity index (χ3v) is 6.43. The number of H-pyrrole nitrogens is 2. The molecule has 0 spiro atoms. The van der Waals surface area contributed by atoms with Crippen LogP contribution in [0.25, 0.3) is 44.8 Å². The van der Waals surface area contributed by atoms with Gasteiger partial charge in [-0.05, 0) is 34.4 Å². The van der Waals surface area contributed by atoms with Gasteiger partial charge in [0, 0.05) is 22.5 Å². The van der Waals surface area contributed by atoms with Crippen molar-refractivity contribution in [2.24, 2.45) is 0 Å². The van der Waals surface area contributed by atoms with Crippen LogP contribution >= 0.6 is 0 Å². The second-order valence-corrected chi connectivity index (χ2v) is 8.74. The highest BCUT2D eigenvalue weighted by atomic mass is 16.1. The Morgan fingerprint density at radius 2 is 0.722 bits per heavy atom. The third kappa shape index (κ3) is 4.08. The summed E-state index contributed by atoms with van der Waals surface area (Å²) in [5, 5.41) is 0. The van der Waals surface area contributed by atoms with Gasteiger partial charge in [-0.15, -0.1) is 0 Å². The summed E-state index contributed by atoms with van der Waals surface area (Å²) in [6, 6.07) is 44.4. The molecule has 0 fully saturated rings. The molecular formula is C33H24N2O. The molecule has 4 aromatic carbocycles. The Morgan fingerprint density at radius 1 is 0.417 bits per heavy atom. The first kappa shape index (κ1) is 21.6. The van der Waals surface area contributed by atoms with Gasteiger partial charge in [-0.2, -0.15) is 0 Å². The maximum Gasteiger partial charge on any atom is 0.226 e. The van der Waals surface area contributed by atoms with E-state index in [2.05, 4.69) is 22.1 Å². The van der Waals surface area contributed by atoms with Crippen LogP contribution in [0.1, 0.15) is 16.2 Å². The lowest BCUT2D eigenvalue weighted by atomic mass is 9.98. The number of ketones is 1. The average Bonchev–Trinajstić information content (AvgIpc) is 3.61. The molecule has 0 saturated carbocycles. The molecule has 3 heteroatoms. The van der Waals surface area contributed by atoms with E-state index >= 15 is 0 Å². The van der Waals surface area contributed by atoms with E-state index in [1.54, 1.807) is 0 Å². The van der Waals surface area contributed by atoms with Crippen LogP contribution in [0, 0.1) is 0 Å². The van der Waals surface area contributed by atoms with Crippen molar-refractivity contribution in [3.63, 3.8) is 0 Å². The SMILES string of the molecule is O=C(c1[nH]c(-c2ccccc2)cc1-c1ccccc1)c1[nH]c(-c2ccccc2)cc1-c1ccccc1. The van der Waals surface area contributed by atoms with Gasteiger partial charge in [-0.3, -0.25) is 4.79 Å². The lowest BCUT2D eigenvalue weighted by Gasteiger charge is -2.06. The van der Waals surface area contributed by atoms with Crippen molar-refractivity contribution < 1.29 is 4.79 Å². The Balaban J connectivity index is 1.53. The van der Waals surface area contributed by atoms with E-state index in [0.717, 1.165) is 44.8 Å². The van der Waals surface area contributed by atoms with Gasteiger partial charge in [-0.1, -0.05) is 121 Å². The van der Waals surface area contributed by atoms with Gasteiger partial charge in [0.1, 0.15) is 0 Å². The topological polar surface area (TPSA) is 48.6 Å². The number of aromatic nitrogens is 2.